The SMILES string of the molecule is COc1ccc(C(N)=O)cc1NCc1cc(F)ccc1Br. The predicted molar refractivity (Wildman–Crippen MR) is 82.9 cm³/mol. The van der Waals surface area contributed by atoms with Crippen molar-refractivity contribution in [2.24, 2.45) is 5.73 Å². The number of rotatable bonds is 5. The van der Waals surface area contributed by atoms with Crippen molar-refractivity contribution in [3.05, 3.63) is 57.8 Å². The van der Waals surface area contributed by atoms with Crippen molar-refractivity contribution in [1.82, 2.24) is 0 Å². The summed E-state index contributed by atoms with van der Waals surface area (Å²) >= 11 is 3.37. The Morgan fingerprint density at radius 3 is 2.76 bits per heavy atom. The van der Waals surface area contributed by atoms with E-state index in [1.54, 1.807) is 24.3 Å². The van der Waals surface area contributed by atoms with Crippen LogP contribution in [0.1, 0.15) is 15.9 Å². The third-order valence-corrected chi connectivity index (χ3v) is 3.73. The molecule has 0 bridgehead atoms. The molecule has 0 aliphatic carbocycles. The van der Waals surface area contributed by atoms with Gasteiger partial charge in [-0.3, -0.25) is 4.79 Å². The topological polar surface area (TPSA) is 64.3 Å². The first-order valence-corrected chi connectivity index (χ1v) is 6.96. The molecule has 0 spiro atoms. The average Bonchev–Trinajstić information content (AvgIpc) is 2.47. The monoisotopic (exact) mass is 352 g/mol. The average molecular weight is 353 g/mol. The number of carbonyl (C=O) groups excluding carboxylic acids is 1. The summed E-state index contributed by atoms with van der Waals surface area (Å²) in [6.45, 7) is 0.372. The normalized spacial score (nSPS) is 10.2. The molecule has 0 aliphatic rings. The van der Waals surface area contributed by atoms with E-state index < -0.39 is 5.91 Å². The lowest BCUT2D eigenvalue weighted by Crippen LogP contribution is -2.12. The number of nitrogens with two attached hydrogens (primary N) is 1. The summed E-state index contributed by atoms with van der Waals surface area (Å²) in [5.74, 6) is -0.256. The summed E-state index contributed by atoms with van der Waals surface area (Å²) in [5.41, 5.74) is 7.00. The van der Waals surface area contributed by atoms with Crippen LogP contribution in [-0.4, -0.2) is 13.0 Å². The number of amides is 1. The zero-order chi connectivity index (χ0) is 15.4. The maximum atomic E-state index is 13.3. The van der Waals surface area contributed by atoms with Gasteiger partial charge in [-0.25, -0.2) is 4.39 Å². The van der Waals surface area contributed by atoms with Gasteiger partial charge in [-0.05, 0) is 42.0 Å². The van der Waals surface area contributed by atoms with Crippen molar-refractivity contribution in [3.63, 3.8) is 0 Å². The number of primary amides is 1. The van der Waals surface area contributed by atoms with Gasteiger partial charge in [-0.2, -0.15) is 0 Å². The van der Waals surface area contributed by atoms with Gasteiger partial charge in [0.1, 0.15) is 11.6 Å². The molecule has 2 aromatic rings. The Balaban J connectivity index is 2.24. The van der Waals surface area contributed by atoms with Gasteiger partial charge < -0.3 is 15.8 Å². The third-order valence-electron chi connectivity index (χ3n) is 2.96. The van der Waals surface area contributed by atoms with Gasteiger partial charge in [-0.15, -0.1) is 0 Å². The zero-order valence-electron chi connectivity index (χ0n) is 11.3. The Labute approximate surface area is 130 Å². The lowest BCUT2D eigenvalue weighted by molar-refractivity contribution is 0.100. The third kappa shape index (κ3) is 3.72. The second-order valence-corrected chi connectivity index (χ2v) is 5.22. The zero-order valence-corrected chi connectivity index (χ0v) is 12.9. The molecule has 110 valence electrons. The van der Waals surface area contributed by atoms with Gasteiger partial charge in [-0.1, -0.05) is 15.9 Å². The molecule has 4 nitrogen and oxygen atoms in total. The van der Waals surface area contributed by atoms with Gasteiger partial charge in [0, 0.05) is 16.6 Å². The largest absolute Gasteiger partial charge is 0.495 e. The van der Waals surface area contributed by atoms with Gasteiger partial charge in [0.2, 0.25) is 5.91 Å². The molecule has 0 radical (unpaired) electrons. The Bertz CT molecular complexity index is 677. The molecule has 2 aromatic carbocycles. The second-order valence-electron chi connectivity index (χ2n) is 4.37. The number of benzene rings is 2. The van der Waals surface area contributed by atoms with Crippen molar-refractivity contribution < 1.29 is 13.9 Å². The number of ether oxygens (including phenoxy) is 1. The standard InChI is InChI=1S/C15H14BrFN2O2/c1-21-14-5-2-9(15(18)20)7-13(14)19-8-10-6-11(17)3-4-12(10)16/h2-7,19H,8H2,1H3,(H2,18,20). The fourth-order valence-corrected chi connectivity index (χ4v) is 2.26. The minimum absolute atomic E-state index is 0.312. The fraction of sp³-hybridized carbons (Fsp3) is 0.133. The predicted octanol–water partition coefficient (Wildman–Crippen LogP) is 3.31. The van der Waals surface area contributed by atoms with E-state index in [-0.39, 0.29) is 5.82 Å². The molecule has 0 saturated carbocycles. The van der Waals surface area contributed by atoms with Gasteiger partial charge in [0.05, 0.1) is 12.8 Å². The van der Waals surface area contributed by atoms with Gasteiger partial charge in [0.15, 0.2) is 0 Å². The van der Waals surface area contributed by atoms with Crippen LogP contribution in [0.15, 0.2) is 40.9 Å². The van der Waals surface area contributed by atoms with Crippen molar-refractivity contribution in [2.45, 2.75) is 6.54 Å². The first-order chi connectivity index (χ1) is 10.0. The van der Waals surface area contributed by atoms with Crippen molar-refractivity contribution >= 4 is 27.5 Å². The minimum Gasteiger partial charge on any atom is -0.495 e. The second kappa shape index (κ2) is 6.58. The molecule has 0 saturated heterocycles. The van der Waals surface area contributed by atoms with E-state index in [0.29, 0.717) is 23.5 Å². The maximum absolute atomic E-state index is 13.3. The summed E-state index contributed by atoms with van der Waals surface area (Å²) in [6, 6.07) is 9.30. The molecule has 0 fully saturated rings. The van der Waals surface area contributed by atoms with Crippen LogP contribution in [0.5, 0.6) is 5.75 Å². The van der Waals surface area contributed by atoms with E-state index in [2.05, 4.69) is 21.2 Å². The number of anilines is 1. The van der Waals surface area contributed by atoms with Crippen LogP contribution in [0.2, 0.25) is 0 Å². The summed E-state index contributed by atoms with van der Waals surface area (Å²) < 4.78 is 19.3. The first-order valence-electron chi connectivity index (χ1n) is 6.17. The summed E-state index contributed by atoms with van der Waals surface area (Å²) in [5, 5.41) is 3.11. The van der Waals surface area contributed by atoms with Crippen LogP contribution in [0.25, 0.3) is 0 Å². The van der Waals surface area contributed by atoms with Gasteiger partial charge >= 0.3 is 0 Å². The van der Waals surface area contributed by atoms with Gasteiger partial charge in [0.25, 0.3) is 0 Å². The number of hydrogen-bond acceptors (Lipinski definition) is 3. The summed E-state index contributed by atoms with van der Waals surface area (Å²) in [7, 11) is 1.53. The van der Waals surface area contributed by atoms with E-state index in [4.69, 9.17) is 10.5 Å². The highest BCUT2D eigenvalue weighted by Gasteiger charge is 2.09. The Morgan fingerprint density at radius 2 is 2.10 bits per heavy atom. The Kier molecular flexibility index (Phi) is 4.80. The van der Waals surface area contributed by atoms with Crippen LogP contribution in [0.3, 0.4) is 0 Å². The first kappa shape index (κ1) is 15.3. The van der Waals surface area contributed by atoms with E-state index in [1.165, 1.54) is 19.2 Å². The number of carbonyl (C=O) groups is 1. The van der Waals surface area contributed by atoms with E-state index in [1.807, 2.05) is 0 Å². The van der Waals surface area contributed by atoms with Crippen LogP contribution in [0, 0.1) is 5.82 Å². The van der Waals surface area contributed by atoms with Crippen LogP contribution in [0.4, 0.5) is 10.1 Å². The van der Waals surface area contributed by atoms with Crippen molar-refractivity contribution in [1.29, 1.82) is 0 Å². The molecule has 0 atom stereocenters. The summed E-state index contributed by atoms with van der Waals surface area (Å²) in [6.07, 6.45) is 0. The highest BCUT2D eigenvalue weighted by molar-refractivity contribution is 9.10. The minimum atomic E-state index is -0.521. The molecule has 0 unspecified atom stereocenters. The highest BCUT2D eigenvalue weighted by Crippen LogP contribution is 2.27. The van der Waals surface area contributed by atoms with Crippen LogP contribution in [-0.2, 0) is 6.54 Å². The van der Waals surface area contributed by atoms with Crippen LogP contribution >= 0.6 is 15.9 Å². The molecular weight excluding hydrogens is 339 g/mol. The lowest BCUT2D eigenvalue weighted by Gasteiger charge is -2.13. The number of hydrogen-bond donors (Lipinski definition) is 2. The molecule has 2 rings (SSSR count). The smallest absolute Gasteiger partial charge is 0.248 e. The van der Waals surface area contributed by atoms with E-state index >= 15 is 0 Å². The molecule has 0 aliphatic heterocycles. The maximum Gasteiger partial charge on any atom is 0.248 e. The fourth-order valence-electron chi connectivity index (χ4n) is 1.87. The number of methoxy groups -OCH3 is 1. The molecule has 1 amide bonds. The van der Waals surface area contributed by atoms with Crippen molar-refractivity contribution in [3.8, 4) is 5.75 Å². The number of halogens is 2. The summed E-state index contributed by atoms with van der Waals surface area (Å²) in [4.78, 5) is 11.2. The molecule has 6 heteroatoms. The quantitative estimate of drug-likeness (QED) is 0.867. The molecule has 0 aromatic heterocycles. The Hall–Kier alpha value is -2.08. The molecular formula is C15H14BrFN2O2. The Morgan fingerprint density at radius 1 is 1.33 bits per heavy atom. The lowest BCUT2D eigenvalue weighted by atomic mass is 10.1. The van der Waals surface area contributed by atoms with Crippen LogP contribution < -0.4 is 15.8 Å². The number of nitrogens with one attached hydrogen (secondary N) is 1. The van der Waals surface area contributed by atoms with E-state index in [0.717, 1.165) is 10.0 Å². The van der Waals surface area contributed by atoms with Crippen molar-refractivity contribution in [2.75, 3.05) is 12.4 Å². The molecule has 21 heavy (non-hydrogen) atoms. The highest BCUT2D eigenvalue weighted by atomic mass is 79.9. The molecule has 0 heterocycles. The molecule has 3 N–H and O–H groups in total. The van der Waals surface area contributed by atoms with E-state index in [9.17, 15) is 9.18 Å².